The molecule has 4 amide bonds. The van der Waals surface area contributed by atoms with Gasteiger partial charge in [0, 0.05) is 24.0 Å². The van der Waals surface area contributed by atoms with Crippen LogP contribution in [-0.4, -0.2) is 42.9 Å². The lowest BCUT2D eigenvalue weighted by molar-refractivity contribution is -0.118. The number of carbonyl (C=O) groups is 3. The largest absolute Gasteiger partial charge is 0.341 e. The van der Waals surface area contributed by atoms with E-state index in [1.54, 1.807) is 48.2 Å². The second-order valence-electron chi connectivity index (χ2n) is 6.45. The van der Waals surface area contributed by atoms with Gasteiger partial charge in [0.1, 0.15) is 6.04 Å². The van der Waals surface area contributed by atoms with Crippen LogP contribution in [0.25, 0.3) is 0 Å². The van der Waals surface area contributed by atoms with Gasteiger partial charge in [-0.3, -0.25) is 9.59 Å². The van der Waals surface area contributed by atoms with Crippen LogP contribution in [0.2, 0.25) is 0 Å². The van der Waals surface area contributed by atoms with Crippen LogP contribution in [0.15, 0.2) is 48.5 Å². The summed E-state index contributed by atoms with van der Waals surface area (Å²) in [7, 11) is 1.53. The van der Waals surface area contributed by atoms with E-state index in [-0.39, 0.29) is 17.8 Å². The predicted octanol–water partition coefficient (Wildman–Crippen LogP) is 3.24. The molecule has 0 aliphatic carbocycles. The number of nitrogens with one attached hydrogen (secondary N) is 4. The minimum absolute atomic E-state index is 0.278. The van der Waals surface area contributed by atoms with E-state index in [1.807, 2.05) is 25.3 Å². The van der Waals surface area contributed by atoms with Gasteiger partial charge in [-0.2, -0.15) is 11.8 Å². The van der Waals surface area contributed by atoms with Crippen molar-refractivity contribution in [3.63, 3.8) is 0 Å². The Hall–Kier alpha value is -3.00. The molecular weight excluding hydrogens is 388 g/mol. The molecule has 0 saturated heterocycles. The smallest absolute Gasteiger partial charge is 0.318 e. The third-order valence-corrected chi connectivity index (χ3v) is 4.79. The normalized spacial score (nSPS) is 11.3. The van der Waals surface area contributed by atoms with Crippen LogP contribution in [0.3, 0.4) is 0 Å². The van der Waals surface area contributed by atoms with E-state index in [0.29, 0.717) is 23.4 Å². The van der Waals surface area contributed by atoms with Crippen LogP contribution < -0.4 is 21.3 Å². The van der Waals surface area contributed by atoms with Gasteiger partial charge in [-0.15, -0.1) is 0 Å². The van der Waals surface area contributed by atoms with E-state index >= 15 is 0 Å². The van der Waals surface area contributed by atoms with Crippen LogP contribution in [0.4, 0.5) is 16.2 Å². The molecule has 0 aliphatic rings. The summed E-state index contributed by atoms with van der Waals surface area (Å²) in [4.78, 5) is 36.6. The summed E-state index contributed by atoms with van der Waals surface area (Å²) in [5, 5.41) is 10.8. The average molecular weight is 415 g/mol. The molecule has 154 valence electrons. The number of benzene rings is 2. The molecule has 0 aliphatic heterocycles. The monoisotopic (exact) mass is 414 g/mol. The minimum Gasteiger partial charge on any atom is -0.341 e. The van der Waals surface area contributed by atoms with E-state index in [9.17, 15) is 14.4 Å². The number of anilines is 2. The Labute approximate surface area is 175 Å². The van der Waals surface area contributed by atoms with E-state index in [1.165, 1.54) is 7.05 Å². The molecule has 2 aromatic rings. The molecule has 0 heterocycles. The summed E-state index contributed by atoms with van der Waals surface area (Å²) in [6.07, 6.45) is 2.47. The fraction of sp³-hybridized carbons (Fsp3) is 0.286. The first-order chi connectivity index (χ1) is 13.9. The zero-order valence-corrected chi connectivity index (χ0v) is 17.6. The van der Waals surface area contributed by atoms with E-state index < -0.39 is 6.04 Å². The van der Waals surface area contributed by atoms with Gasteiger partial charge in [0.05, 0.1) is 0 Å². The van der Waals surface area contributed by atoms with Crippen LogP contribution in [0.1, 0.15) is 22.3 Å². The first-order valence-electron chi connectivity index (χ1n) is 9.19. The summed E-state index contributed by atoms with van der Waals surface area (Å²) in [6, 6.07) is 13.0. The maximum Gasteiger partial charge on any atom is 0.318 e. The lowest BCUT2D eigenvalue weighted by atomic mass is 10.1. The van der Waals surface area contributed by atoms with Gasteiger partial charge in [0.15, 0.2) is 0 Å². The molecule has 8 heteroatoms. The molecule has 0 radical (unpaired) electrons. The van der Waals surface area contributed by atoms with Crippen molar-refractivity contribution in [2.24, 2.45) is 0 Å². The summed E-state index contributed by atoms with van der Waals surface area (Å²) in [6.45, 7) is 1.91. The molecular formula is C21H26N4O3S. The van der Waals surface area contributed by atoms with Gasteiger partial charge >= 0.3 is 6.03 Å². The maximum atomic E-state index is 12.7. The number of rotatable bonds is 8. The molecule has 0 spiro atoms. The van der Waals surface area contributed by atoms with Crippen LogP contribution in [0, 0.1) is 6.92 Å². The molecule has 1 unspecified atom stereocenters. The number of carbonyl (C=O) groups excluding carboxylic acids is 3. The van der Waals surface area contributed by atoms with Crippen LogP contribution in [0.5, 0.6) is 0 Å². The van der Waals surface area contributed by atoms with Gasteiger partial charge in [-0.25, -0.2) is 4.79 Å². The van der Waals surface area contributed by atoms with Crippen molar-refractivity contribution in [3.8, 4) is 0 Å². The molecule has 29 heavy (non-hydrogen) atoms. The van der Waals surface area contributed by atoms with Crippen molar-refractivity contribution < 1.29 is 14.4 Å². The van der Waals surface area contributed by atoms with Crippen LogP contribution in [-0.2, 0) is 4.79 Å². The summed E-state index contributed by atoms with van der Waals surface area (Å²) < 4.78 is 0. The molecule has 2 rings (SSSR count). The third kappa shape index (κ3) is 7.15. The topological polar surface area (TPSA) is 99.3 Å². The average Bonchev–Trinajstić information content (AvgIpc) is 2.72. The van der Waals surface area contributed by atoms with E-state index in [2.05, 4.69) is 21.3 Å². The second-order valence-corrected chi connectivity index (χ2v) is 7.43. The quantitative estimate of drug-likeness (QED) is 0.533. The summed E-state index contributed by atoms with van der Waals surface area (Å²) in [5.41, 5.74) is 2.69. The standard InChI is InChI=1S/C21H26N4O3S/c1-14-5-4-6-15(13-14)19(26)25-18(11-12-29-3)20(27)23-16-7-9-17(10-8-16)24-21(28)22-2/h4-10,13,18H,11-12H2,1-3H3,(H,23,27)(H,25,26)(H2,22,24,28). The maximum absolute atomic E-state index is 12.7. The second kappa shape index (κ2) is 11.1. The van der Waals surface area contributed by atoms with E-state index in [0.717, 1.165) is 11.3 Å². The summed E-state index contributed by atoms with van der Waals surface area (Å²) in [5.74, 6) is 0.174. The lowest BCUT2D eigenvalue weighted by Crippen LogP contribution is -2.44. The molecule has 0 aromatic heterocycles. The third-order valence-electron chi connectivity index (χ3n) is 4.15. The number of urea groups is 1. The number of thioether (sulfide) groups is 1. The van der Waals surface area contributed by atoms with Crippen molar-refractivity contribution in [1.82, 2.24) is 10.6 Å². The van der Waals surface area contributed by atoms with Crippen molar-refractivity contribution in [2.45, 2.75) is 19.4 Å². The van der Waals surface area contributed by atoms with E-state index in [4.69, 9.17) is 0 Å². The number of hydrogen-bond donors (Lipinski definition) is 4. The first kappa shape index (κ1) is 22.3. The molecule has 1 atom stereocenters. The van der Waals surface area contributed by atoms with Gasteiger partial charge < -0.3 is 21.3 Å². The highest BCUT2D eigenvalue weighted by molar-refractivity contribution is 7.98. The van der Waals surface area contributed by atoms with Crippen molar-refractivity contribution >= 4 is 41.0 Å². The number of amides is 4. The molecule has 4 N–H and O–H groups in total. The highest BCUT2D eigenvalue weighted by Gasteiger charge is 2.21. The van der Waals surface area contributed by atoms with Crippen LogP contribution >= 0.6 is 11.8 Å². The Morgan fingerprint density at radius 1 is 1.00 bits per heavy atom. The SMILES string of the molecule is CNC(=O)Nc1ccc(NC(=O)C(CCSC)NC(=O)c2cccc(C)c2)cc1. The lowest BCUT2D eigenvalue weighted by Gasteiger charge is -2.18. The Morgan fingerprint density at radius 3 is 2.24 bits per heavy atom. The molecule has 0 saturated carbocycles. The Bertz CT molecular complexity index is 855. The Morgan fingerprint density at radius 2 is 1.66 bits per heavy atom. The summed E-state index contributed by atoms with van der Waals surface area (Å²) >= 11 is 1.61. The Kier molecular flexibility index (Phi) is 8.54. The molecule has 0 bridgehead atoms. The Balaban J connectivity index is 2.04. The molecule has 2 aromatic carbocycles. The fourth-order valence-electron chi connectivity index (χ4n) is 2.59. The van der Waals surface area contributed by atoms with Gasteiger partial charge in [0.25, 0.3) is 5.91 Å². The van der Waals surface area contributed by atoms with Gasteiger partial charge in [-0.05, 0) is 61.8 Å². The minimum atomic E-state index is -0.654. The van der Waals surface area contributed by atoms with Crippen molar-refractivity contribution in [3.05, 3.63) is 59.7 Å². The zero-order valence-electron chi connectivity index (χ0n) is 16.7. The molecule has 0 fully saturated rings. The zero-order chi connectivity index (χ0) is 21.2. The molecule has 7 nitrogen and oxygen atoms in total. The van der Waals surface area contributed by atoms with Crippen molar-refractivity contribution in [2.75, 3.05) is 29.7 Å². The highest BCUT2D eigenvalue weighted by atomic mass is 32.2. The number of hydrogen-bond acceptors (Lipinski definition) is 4. The number of aryl methyl sites for hydroxylation is 1. The fourth-order valence-corrected chi connectivity index (χ4v) is 3.06. The van der Waals surface area contributed by atoms with Gasteiger partial charge in [-0.1, -0.05) is 17.7 Å². The van der Waals surface area contributed by atoms with Crippen molar-refractivity contribution in [1.29, 1.82) is 0 Å². The highest BCUT2D eigenvalue weighted by Crippen LogP contribution is 2.15. The first-order valence-corrected chi connectivity index (χ1v) is 10.6. The van der Waals surface area contributed by atoms with Gasteiger partial charge in [0.2, 0.25) is 5.91 Å². The predicted molar refractivity (Wildman–Crippen MR) is 119 cm³/mol.